The van der Waals surface area contributed by atoms with Gasteiger partial charge in [-0.25, -0.2) is 4.39 Å². The van der Waals surface area contributed by atoms with Gasteiger partial charge < -0.3 is 5.32 Å². The van der Waals surface area contributed by atoms with E-state index in [1.165, 1.54) is 0 Å². The van der Waals surface area contributed by atoms with E-state index in [4.69, 9.17) is 0 Å². The zero-order chi connectivity index (χ0) is 12.0. The van der Waals surface area contributed by atoms with Gasteiger partial charge in [0.05, 0.1) is 0 Å². The fraction of sp³-hybridized carbons (Fsp3) is 0.571. The molecule has 0 amide bonds. The molecular weight excluding hydrogens is 201 g/mol. The lowest BCUT2D eigenvalue weighted by molar-refractivity contribution is 0.550. The van der Waals surface area contributed by atoms with Crippen LogP contribution in [-0.4, -0.2) is 12.6 Å². The summed E-state index contributed by atoms with van der Waals surface area (Å²) in [5.41, 5.74) is 1.99. The maximum absolute atomic E-state index is 13.4. The smallest absolute Gasteiger partial charge is 0.126 e. The van der Waals surface area contributed by atoms with Gasteiger partial charge in [0.15, 0.2) is 0 Å². The summed E-state index contributed by atoms with van der Waals surface area (Å²) in [5, 5.41) is 3.36. The van der Waals surface area contributed by atoms with E-state index < -0.39 is 0 Å². The average Bonchev–Trinajstić information content (AvgIpc) is 2.22. The number of halogens is 1. The molecule has 0 spiro atoms. The van der Waals surface area contributed by atoms with E-state index in [1.807, 2.05) is 19.1 Å². The molecule has 0 aromatic heterocycles. The highest BCUT2D eigenvalue weighted by molar-refractivity contribution is 5.24. The van der Waals surface area contributed by atoms with Crippen molar-refractivity contribution in [1.29, 1.82) is 0 Å². The summed E-state index contributed by atoms with van der Waals surface area (Å²) in [4.78, 5) is 0. The standard InChI is InChI=1S/C14H22FN/c1-11(2)16-9-5-4-6-13-10-12(3)7-8-14(13)15/h7-8,10-11,16H,4-6,9H2,1-3H3. The highest BCUT2D eigenvalue weighted by atomic mass is 19.1. The zero-order valence-corrected chi connectivity index (χ0v) is 10.5. The number of aryl methyl sites for hydroxylation is 2. The predicted octanol–water partition coefficient (Wildman–Crippen LogP) is 3.45. The van der Waals surface area contributed by atoms with E-state index in [-0.39, 0.29) is 5.82 Å². The fourth-order valence-corrected chi connectivity index (χ4v) is 1.73. The molecule has 1 nitrogen and oxygen atoms in total. The Morgan fingerprint density at radius 1 is 1.25 bits per heavy atom. The molecule has 0 atom stereocenters. The van der Waals surface area contributed by atoms with Crippen LogP contribution in [-0.2, 0) is 6.42 Å². The molecule has 0 aliphatic heterocycles. The van der Waals surface area contributed by atoms with Crippen LogP contribution in [0.4, 0.5) is 4.39 Å². The number of hydrogen-bond acceptors (Lipinski definition) is 1. The van der Waals surface area contributed by atoms with Crippen molar-refractivity contribution >= 4 is 0 Å². The Hall–Kier alpha value is -0.890. The first-order valence-electron chi connectivity index (χ1n) is 6.08. The van der Waals surface area contributed by atoms with Gasteiger partial charge in [0, 0.05) is 6.04 Å². The average molecular weight is 223 g/mol. The molecular formula is C14H22FN. The van der Waals surface area contributed by atoms with Crippen LogP contribution in [0, 0.1) is 12.7 Å². The Kier molecular flexibility index (Phi) is 5.47. The maximum atomic E-state index is 13.4. The molecule has 0 saturated heterocycles. The third kappa shape index (κ3) is 4.75. The number of benzene rings is 1. The summed E-state index contributed by atoms with van der Waals surface area (Å²) in [6.45, 7) is 7.30. The van der Waals surface area contributed by atoms with Gasteiger partial charge in [-0.1, -0.05) is 31.5 Å². The van der Waals surface area contributed by atoms with E-state index in [0.29, 0.717) is 6.04 Å². The SMILES string of the molecule is Cc1ccc(F)c(CCCCNC(C)C)c1. The second-order valence-electron chi connectivity index (χ2n) is 4.66. The highest BCUT2D eigenvalue weighted by Crippen LogP contribution is 2.12. The van der Waals surface area contributed by atoms with E-state index >= 15 is 0 Å². The Labute approximate surface area is 98.1 Å². The first-order valence-corrected chi connectivity index (χ1v) is 6.08. The number of unbranched alkanes of at least 4 members (excludes halogenated alkanes) is 1. The lowest BCUT2D eigenvalue weighted by Crippen LogP contribution is -2.23. The molecule has 16 heavy (non-hydrogen) atoms. The van der Waals surface area contributed by atoms with Gasteiger partial charge in [-0.3, -0.25) is 0 Å². The van der Waals surface area contributed by atoms with Crippen LogP contribution in [0.5, 0.6) is 0 Å². The van der Waals surface area contributed by atoms with Crippen LogP contribution in [0.1, 0.15) is 37.8 Å². The summed E-state index contributed by atoms with van der Waals surface area (Å²) < 4.78 is 13.4. The Morgan fingerprint density at radius 3 is 2.69 bits per heavy atom. The van der Waals surface area contributed by atoms with Gasteiger partial charge in [0.1, 0.15) is 5.82 Å². The van der Waals surface area contributed by atoms with Crippen LogP contribution >= 0.6 is 0 Å². The lowest BCUT2D eigenvalue weighted by Gasteiger charge is -2.08. The molecule has 1 aromatic rings. The number of rotatable bonds is 6. The summed E-state index contributed by atoms with van der Waals surface area (Å²) in [7, 11) is 0. The normalized spacial score (nSPS) is 11.1. The summed E-state index contributed by atoms with van der Waals surface area (Å²) in [5.74, 6) is -0.0672. The molecule has 0 aliphatic carbocycles. The van der Waals surface area contributed by atoms with Crippen molar-refractivity contribution < 1.29 is 4.39 Å². The zero-order valence-electron chi connectivity index (χ0n) is 10.5. The van der Waals surface area contributed by atoms with Crippen molar-refractivity contribution in [2.45, 2.75) is 46.1 Å². The predicted molar refractivity (Wildman–Crippen MR) is 67.2 cm³/mol. The summed E-state index contributed by atoms with van der Waals surface area (Å²) >= 11 is 0. The molecule has 0 fully saturated rings. The Balaban J connectivity index is 2.29. The van der Waals surface area contributed by atoms with Gasteiger partial charge in [-0.05, 0) is 44.4 Å². The molecule has 90 valence electrons. The molecule has 0 saturated carbocycles. The molecule has 0 heterocycles. The van der Waals surface area contributed by atoms with Gasteiger partial charge in [-0.15, -0.1) is 0 Å². The van der Waals surface area contributed by atoms with Crippen molar-refractivity contribution in [3.63, 3.8) is 0 Å². The second kappa shape index (κ2) is 6.64. The maximum Gasteiger partial charge on any atom is 0.126 e. The second-order valence-corrected chi connectivity index (χ2v) is 4.66. The first kappa shape index (κ1) is 13.2. The highest BCUT2D eigenvalue weighted by Gasteiger charge is 2.01. The van der Waals surface area contributed by atoms with E-state index in [2.05, 4.69) is 19.2 Å². The number of nitrogens with one attached hydrogen (secondary N) is 1. The van der Waals surface area contributed by atoms with Crippen molar-refractivity contribution in [2.24, 2.45) is 0 Å². The third-order valence-electron chi connectivity index (χ3n) is 2.63. The summed E-state index contributed by atoms with van der Waals surface area (Å²) in [6.07, 6.45) is 2.99. The van der Waals surface area contributed by atoms with Crippen molar-refractivity contribution in [3.8, 4) is 0 Å². The molecule has 0 aliphatic rings. The molecule has 0 unspecified atom stereocenters. The van der Waals surface area contributed by atoms with Crippen LogP contribution in [0.3, 0.4) is 0 Å². The largest absolute Gasteiger partial charge is 0.315 e. The van der Waals surface area contributed by atoms with E-state index in [9.17, 15) is 4.39 Å². The minimum Gasteiger partial charge on any atom is -0.315 e. The van der Waals surface area contributed by atoms with Crippen molar-refractivity contribution in [1.82, 2.24) is 5.32 Å². The Morgan fingerprint density at radius 2 is 2.00 bits per heavy atom. The monoisotopic (exact) mass is 223 g/mol. The molecule has 0 bridgehead atoms. The lowest BCUT2D eigenvalue weighted by atomic mass is 10.1. The molecule has 1 aromatic carbocycles. The van der Waals surface area contributed by atoms with Crippen LogP contribution in [0.25, 0.3) is 0 Å². The van der Waals surface area contributed by atoms with Crippen molar-refractivity contribution in [2.75, 3.05) is 6.54 Å². The minimum atomic E-state index is -0.0672. The first-order chi connectivity index (χ1) is 7.59. The molecule has 0 radical (unpaired) electrons. The van der Waals surface area contributed by atoms with E-state index in [0.717, 1.165) is 36.9 Å². The topological polar surface area (TPSA) is 12.0 Å². The quantitative estimate of drug-likeness (QED) is 0.728. The third-order valence-corrected chi connectivity index (χ3v) is 2.63. The molecule has 2 heteroatoms. The van der Waals surface area contributed by atoms with Crippen LogP contribution in [0.15, 0.2) is 18.2 Å². The molecule has 1 N–H and O–H groups in total. The molecule has 1 rings (SSSR count). The fourth-order valence-electron chi connectivity index (χ4n) is 1.73. The van der Waals surface area contributed by atoms with Crippen LogP contribution in [0.2, 0.25) is 0 Å². The minimum absolute atomic E-state index is 0.0672. The van der Waals surface area contributed by atoms with Crippen LogP contribution < -0.4 is 5.32 Å². The number of hydrogen-bond donors (Lipinski definition) is 1. The van der Waals surface area contributed by atoms with Gasteiger partial charge in [0.2, 0.25) is 0 Å². The van der Waals surface area contributed by atoms with Gasteiger partial charge in [-0.2, -0.15) is 0 Å². The van der Waals surface area contributed by atoms with Crippen molar-refractivity contribution in [3.05, 3.63) is 35.1 Å². The summed E-state index contributed by atoms with van der Waals surface area (Å²) in [6, 6.07) is 5.87. The van der Waals surface area contributed by atoms with Gasteiger partial charge >= 0.3 is 0 Å². The van der Waals surface area contributed by atoms with E-state index in [1.54, 1.807) is 6.07 Å². The Bertz CT molecular complexity index is 321. The van der Waals surface area contributed by atoms with Gasteiger partial charge in [0.25, 0.3) is 0 Å².